The Morgan fingerprint density at radius 3 is 2.58 bits per heavy atom. The number of fused-ring (bicyclic) bond motifs is 1. The highest BCUT2D eigenvalue weighted by atomic mass is 19.1. The molecule has 4 aromatic rings. The molecule has 0 amide bonds. The molecule has 0 spiro atoms. The fourth-order valence-electron chi connectivity index (χ4n) is 5.38. The fraction of sp³-hybridized carbons (Fsp3) is 0.321. The molecular weight excluding hydrogens is 459 g/mol. The van der Waals surface area contributed by atoms with Crippen molar-refractivity contribution in [2.24, 2.45) is 0 Å². The maximum atomic E-state index is 14.6. The average Bonchev–Trinajstić information content (AvgIpc) is 3.51. The highest BCUT2D eigenvalue weighted by Crippen LogP contribution is 2.41. The highest BCUT2D eigenvalue weighted by molar-refractivity contribution is 5.88. The molecule has 2 aromatic carbocycles. The van der Waals surface area contributed by atoms with Crippen molar-refractivity contribution in [1.29, 1.82) is 0 Å². The van der Waals surface area contributed by atoms with Crippen molar-refractivity contribution in [1.82, 2.24) is 14.5 Å². The van der Waals surface area contributed by atoms with Crippen LogP contribution in [0.4, 0.5) is 10.2 Å². The van der Waals surface area contributed by atoms with Crippen LogP contribution in [-0.2, 0) is 16.8 Å². The van der Waals surface area contributed by atoms with Gasteiger partial charge in [0.2, 0.25) is 0 Å². The number of halogens is 1. The van der Waals surface area contributed by atoms with Crippen molar-refractivity contribution in [3.8, 4) is 17.0 Å². The molecule has 1 saturated carbocycles. The molecule has 0 saturated heterocycles. The molecule has 0 unspecified atom stereocenters. The summed E-state index contributed by atoms with van der Waals surface area (Å²) in [6.45, 7) is 3.04. The Hall–Kier alpha value is -3.94. The summed E-state index contributed by atoms with van der Waals surface area (Å²) in [4.78, 5) is 20.7. The van der Waals surface area contributed by atoms with E-state index >= 15 is 0 Å². The van der Waals surface area contributed by atoms with Crippen molar-refractivity contribution < 1.29 is 19.0 Å². The Labute approximate surface area is 209 Å². The van der Waals surface area contributed by atoms with E-state index in [9.17, 15) is 14.3 Å². The third-order valence-corrected chi connectivity index (χ3v) is 7.30. The van der Waals surface area contributed by atoms with Crippen LogP contribution in [0.1, 0.15) is 36.9 Å². The van der Waals surface area contributed by atoms with Gasteiger partial charge in [-0.15, -0.1) is 0 Å². The smallest absolute Gasteiger partial charge is 0.314 e. The number of carbonyl (C=O) groups is 1. The van der Waals surface area contributed by atoms with Crippen molar-refractivity contribution in [2.75, 3.05) is 19.0 Å². The van der Waals surface area contributed by atoms with E-state index in [1.54, 1.807) is 13.2 Å². The van der Waals surface area contributed by atoms with Crippen LogP contribution in [-0.4, -0.2) is 39.3 Å². The second-order valence-electron chi connectivity index (χ2n) is 9.34. The first-order valence-electron chi connectivity index (χ1n) is 12.2. The summed E-state index contributed by atoms with van der Waals surface area (Å²) in [6, 6.07) is 14.5. The van der Waals surface area contributed by atoms with Crippen LogP contribution in [0.3, 0.4) is 0 Å². The normalized spacial score (nSPS) is 14.8. The number of hydrogen-bond acceptors (Lipinski definition) is 5. The molecule has 186 valence electrons. The summed E-state index contributed by atoms with van der Waals surface area (Å²) in [7, 11) is 1.58. The van der Waals surface area contributed by atoms with Gasteiger partial charge >= 0.3 is 5.97 Å². The Morgan fingerprint density at radius 2 is 1.89 bits per heavy atom. The molecule has 0 aliphatic heterocycles. The number of ether oxygens (including phenoxy) is 1. The van der Waals surface area contributed by atoms with Crippen LogP contribution >= 0.6 is 0 Å². The number of benzene rings is 2. The fourth-order valence-corrected chi connectivity index (χ4v) is 5.38. The number of carboxylic acid groups (broad SMARTS) is 1. The Balaban J connectivity index is 1.31. The first kappa shape index (κ1) is 23.8. The summed E-state index contributed by atoms with van der Waals surface area (Å²) in [5, 5.41) is 13.9. The quantitative estimate of drug-likeness (QED) is 0.337. The number of hydrogen-bond donors (Lipinski definition) is 2. The molecule has 1 aliphatic carbocycles. The summed E-state index contributed by atoms with van der Waals surface area (Å²) >= 11 is 0. The Bertz CT molecular complexity index is 1410. The third kappa shape index (κ3) is 4.17. The van der Waals surface area contributed by atoms with Gasteiger partial charge in [0.25, 0.3) is 0 Å². The molecule has 5 rings (SSSR count). The molecule has 7 nitrogen and oxygen atoms in total. The minimum absolute atomic E-state index is 0.283. The Kier molecular flexibility index (Phi) is 6.35. The van der Waals surface area contributed by atoms with E-state index in [1.165, 1.54) is 12.4 Å². The number of rotatable bonds is 8. The lowest BCUT2D eigenvalue weighted by atomic mass is 9.78. The van der Waals surface area contributed by atoms with E-state index in [0.717, 1.165) is 40.7 Å². The first-order valence-corrected chi connectivity index (χ1v) is 12.2. The van der Waals surface area contributed by atoms with Gasteiger partial charge in [-0.25, -0.2) is 14.4 Å². The lowest BCUT2D eigenvalue weighted by molar-refractivity contribution is -0.143. The van der Waals surface area contributed by atoms with Crippen LogP contribution in [0, 0.1) is 12.7 Å². The van der Waals surface area contributed by atoms with Gasteiger partial charge in [-0.1, -0.05) is 37.1 Å². The van der Waals surface area contributed by atoms with Crippen molar-refractivity contribution in [3.05, 3.63) is 71.9 Å². The highest BCUT2D eigenvalue weighted by Gasteiger charge is 2.42. The van der Waals surface area contributed by atoms with Crippen LogP contribution in [0.25, 0.3) is 22.2 Å². The van der Waals surface area contributed by atoms with Gasteiger partial charge < -0.3 is 19.7 Å². The van der Waals surface area contributed by atoms with E-state index in [4.69, 9.17) is 4.74 Å². The van der Waals surface area contributed by atoms with E-state index in [1.807, 2.05) is 47.9 Å². The SMILES string of the molecule is COc1ccc(F)c2c1cc(C)n2CCNc1cc(-c2ccc(C3(C(=O)O)CCCC3)cc2)ncn1. The standard InChI is InChI=1S/C28H29FN4O3/c1-18-15-21-24(36-2)10-9-22(29)26(21)33(18)14-13-30-25-16-23(31-17-32-25)19-5-7-20(8-6-19)28(27(34)35)11-3-4-12-28/h5-10,15-17H,3-4,11-14H2,1-2H3,(H,34,35)(H,30,31,32). The molecule has 8 heteroatoms. The molecular formula is C28H29FN4O3. The average molecular weight is 489 g/mol. The molecule has 0 radical (unpaired) electrons. The summed E-state index contributed by atoms with van der Waals surface area (Å²) < 4.78 is 21.9. The van der Waals surface area contributed by atoms with Gasteiger partial charge in [-0.3, -0.25) is 4.79 Å². The number of aliphatic carboxylic acids is 1. The van der Waals surface area contributed by atoms with E-state index in [2.05, 4.69) is 15.3 Å². The maximum Gasteiger partial charge on any atom is 0.314 e. The molecule has 0 atom stereocenters. The number of nitrogens with zero attached hydrogens (tertiary/aromatic N) is 3. The number of aromatic nitrogens is 3. The minimum atomic E-state index is -0.777. The van der Waals surface area contributed by atoms with Crippen LogP contribution in [0.15, 0.2) is 54.9 Å². The van der Waals surface area contributed by atoms with Gasteiger partial charge in [0.05, 0.1) is 23.7 Å². The predicted octanol–water partition coefficient (Wildman–Crippen LogP) is 5.56. The van der Waals surface area contributed by atoms with Gasteiger partial charge in [0.1, 0.15) is 23.7 Å². The van der Waals surface area contributed by atoms with Gasteiger partial charge in [-0.2, -0.15) is 0 Å². The van der Waals surface area contributed by atoms with Crippen molar-refractivity contribution >= 4 is 22.7 Å². The second-order valence-corrected chi connectivity index (χ2v) is 9.34. The van der Waals surface area contributed by atoms with E-state index < -0.39 is 11.4 Å². The number of nitrogens with one attached hydrogen (secondary N) is 1. The third-order valence-electron chi connectivity index (χ3n) is 7.30. The van der Waals surface area contributed by atoms with Gasteiger partial charge in [0, 0.05) is 35.8 Å². The molecule has 1 fully saturated rings. The largest absolute Gasteiger partial charge is 0.496 e. The van der Waals surface area contributed by atoms with Gasteiger partial charge in [0.15, 0.2) is 0 Å². The van der Waals surface area contributed by atoms with Crippen LogP contribution in [0.5, 0.6) is 5.75 Å². The lowest BCUT2D eigenvalue weighted by Gasteiger charge is -2.24. The van der Waals surface area contributed by atoms with E-state index in [-0.39, 0.29) is 5.82 Å². The minimum Gasteiger partial charge on any atom is -0.496 e. The van der Waals surface area contributed by atoms with Crippen molar-refractivity contribution in [2.45, 2.75) is 44.6 Å². The van der Waals surface area contributed by atoms with E-state index in [0.29, 0.717) is 43.0 Å². The molecule has 2 heterocycles. The zero-order valence-electron chi connectivity index (χ0n) is 20.4. The number of methoxy groups -OCH3 is 1. The summed E-state index contributed by atoms with van der Waals surface area (Å²) in [5.74, 6) is 0.281. The van der Waals surface area contributed by atoms with Gasteiger partial charge in [-0.05, 0) is 43.5 Å². The van der Waals surface area contributed by atoms with Crippen LogP contribution < -0.4 is 10.1 Å². The molecule has 2 N–H and O–H groups in total. The maximum absolute atomic E-state index is 14.6. The number of anilines is 1. The number of aryl methyl sites for hydroxylation is 1. The van der Waals surface area contributed by atoms with Crippen molar-refractivity contribution in [3.63, 3.8) is 0 Å². The monoisotopic (exact) mass is 488 g/mol. The zero-order valence-corrected chi connectivity index (χ0v) is 20.4. The predicted molar refractivity (Wildman–Crippen MR) is 137 cm³/mol. The topological polar surface area (TPSA) is 89.3 Å². The number of carboxylic acids is 1. The summed E-state index contributed by atoms with van der Waals surface area (Å²) in [6.07, 6.45) is 4.73. The van der Waals surface area contributed by atoms with Crippen LogP contribution in [0.2, 0.25) is 0 Å². The molecule has 0 bridgehead atoms. The first-order chi connectivity index (χ1) is 17.4. The Morgan fingerprint density at radius 1 is 1.14 bits per heavy atom. The summed E-state index contributed by atoms with van der Waals surface area (Å²) in [5.41, 5.74) is 3.18. The second kappa shape index (κ2) is 9.60. The molecule has 2 aromatic heterocycles. The zero-order chi connectivity index (χ0) is 25.3. The molecule has 36 heavy (non-hydrogen) atoms. The molecule has 1 aliphatic rings. The lowest BCUT2D eigenvalue weighted by Crippen LogP contribution is -2.32.